The number of rotatable bonds is 9. The normalized spacial score (nSPS) is 12.4. The van der Waals surface area contributed by atoms with Crippen LogP contribution < -0.4 is 10.6 Å². The Kier molecular flexibility index (Phi) is 7.72. The maximum absolute atomic E-state index is 13.6. The molecule has 31 heavy (non-hydrogen) atoms. The maximum atomic E-state index is 13.6. The first-order chi connectivity index (χ1) is 14.9. The maximum Gasteiger partial charge on any atom is 0.416 e. The van der Waals surface area contributed by atoms with Crippen molar-refractivity contribution in [1.82, 2.24) is 20.6 Å². The molecule has 0 radical (unpaired) electrons. The summed E-state index contributed by atoms with van der Waals surface area (Å²) < 4.78 is 40.7. The van der Waals surface area contributed by atoms with E-state index in [1.54, 1.807) is 30.9 Å². The minimum absolute atomic E-state index is 0.0948. The summed E-state index contributed by atoms with van der Waals surface area (Å²) in [6, 6.07) is 11.4. The van der Waals surface area contributed by atoms with E-state index in [4.69, 9.17) is 0 Å². The Morgan fingerprint density at radius 2 is 1.61 bits per heavy atom. The van der Waals surface area contributed by atoms with Crippen LogP contribution in [0.3, 0.4) is 0 Å². The fourth-order valence-corrected chi connectivity index (χ4v) is 3.24. The lowest BCUT2D eigenvalue weighted by Crippen LogP contribution is -2.40. The molecule has 2 aromatic heterocycles. The number of hydrogen-bond acceptors (Lipinski definition) is 4. The van der Waals surface area contributed by atoms with Crippen LogP contribution in [0.4, 0.5) is 13.2 Å². The molecule has 0 aliphatic rings. The molecule has 3 rings (SSSR count). The van der Waals surface area contributed by atoms with Gasteiger partial charge in [0.05, 0.1) is 5.56 Å². The molecule has 3 aromatic rings. The van der Waals surface area contributed by atoms with Crippen molar-refractivity contribution >= 4 is 5.91 Å². The van der Waals surface area contributed by atoms with E-state index < -0.39 is 23.7 Å². The second-order valence-electron chi connectivity index (χ2n) is 6.98. The van der Waals surface area contributed by atoms with Crippen LogP contribution in [0.15, 0.2) is 73.3 Å². The van der Waals surface area contributed by atoms with Gasteiger partial charge in [-0.3, -0.25) is 14.8 Å². The van der Waals surface area contributed by atoms with Crippen LogP contribution in [0.5, 0.6) is 0 Å². The summed E-state index contributed by atoms with van der Waals surface area (Å²) in [6.07, 6.45) is 3.17. The van der Waals surface area contributed by atoms with Gasteiger partial charge in [-0.25, -0.2) is 0 Å². The molecular weight excluding hydrogens is 405 g/mol. The predicted molar refractivity (Wildman–Crippen MR) is 111 cm³/mol. The van der Waals surface area contributed by atoms with E-state index in [1.165, 1.54) is 18.2 Å². The van der Waals surface area contributed by atoms with E-state index in [0.717, 1.165) is 17.2 Å². The highest BCUT2D eigenvalue weighted by molar-refractivity contribution is 5.83. The molecule has 0 saturated carbocycles. The van der Waals surface area contributed by atoms with Gasteiger partial charge in [0.15, 0.2) is 0 Å². The lowest BCUT2D eigenvalue weighted by Gasteiger charge is -2.22. The number of nitrogens with zero attached hydrogens (tertiary/aromatic N) is 2. The number of hydrogen-bond donors (Lipinski definition) is 2. The van der Waals surface area contributed by atoms with Crippen molar-refractivity contribution in [3.05, 3.63) is 95.6 Å². The van der Waals surface area contributed by atoms with Crippen molar-refractivity contribution in [3.8, 4) is 0 Å². The van der Waals surface area contributed by atoms with E-state index in [9.17, 15) is 18.0 Å². The third kappa shape index (κ3) is 6.62. The summed E-state index contributed by atoms with van der Waals surface area (Å²) in [5, 5.41) is 5.75. The Balaban J connectivity index is 1.73. The van der Waals surface area contributed by atoms with Gasteiger partial charge in [0.1, 0.15) is 6.04 Å². The van der Waals surface area contributed by atoms with Crippen LogP contribution in [-0.4, -0.2) is 29.0 Å². The molecule has 0 bridgehead atoms. The highest BCUT2D eigenvalue weighted by atomic mass is 19.4. The van der Waals surface area contributed by atoms with Gasteiger partial charge in [-0.1, -0.05) is 24.3 Å². The van der Waals surface area contributed by atoms with Gasteiger partial charge in [0, 0.05) is 37.9 Å². The predicted octanol–water partition coefficient (Wildman–Crippen LogP) is 3.73. The molecule has 1 amide bonds. The number of amides is 1. The Hall–Kier alpha value is -3.26. The summed E-state index contributed by atoms with van der Waals surface area (Å²) in [6.45, 7) is 0.623. The first-order valence-corrected chi connectivity index (χ1v) is 9.90. The highest BCUT2D eigenvalue weighted by Gasteiger charge is 2.36. The Morgan fingerprint density at radius 1 is 0.871 bits per heavy atom. The summed E-state index contributed by atoms with van der Waals surface area (Å²) in [5.74, 6) is -0.503. The lowest BCUT2D eigenvalue weighted by molar-refractivity contribution is -0.138. The number of alkyl halides is 3. The fourth-order valence-electron chi connectivity index (χ4n) is 3.24. The van der Waals surface area contributed by atoms with E-state index in [1.807, 2.05) is 18.2 Å². The van der Waals surface area contributed by atoms with Gasteiger partial charge >= 0.3 is 6.18 Å². The number of nitrogens with one attached hydrogen (secondary N) is 2. The van der Waals surface area contributed by atoms with Gasteiger partial charge in [-0.15, -0.1) is 0 Å². The van der Waals surface area contributed by atoms with E-state index in [-0.39, 0.29) is 5.56 Å². The Morgan fingerprint density at radius 3 is 2.32 bits per heavy atom. The van der Waals surface area contributed by atoms with Crippen molar-refractivity contribution < 1.29 is 18.0 Å². The second-order valence-corrected chi connectivity index (χ2v) is 6.98. The zero-order valence-electron chi connectivity index (χ0n) is 16.8. The van der Waals surface area contributed by atoms with Crippen LogP contribution >= 0.6 is 0 Å². The molecule has 1 aromatic carbocycles. The van der Waals surface area contributed by atoms with E-state index in [2.05, 4.69) is 20.6 Å². The number of halogens is 3. The smallest absolute Gasteiger partial charge is 0.354 e. The molecule has 0 saturated heterocycles. The summed E-state index contributed by atoms with van der Waals surface area (Å²) in [4.78, 5) is 20.9. The topological polar surface area (TPSA) is 66.9 Å². The number of carbonyl (C=O) groups is 1. The van der Waals surface area contributed by atoms with Gasteiger partial charge in [0.25, 0.3) is 0 Å². The van der Waals surface area contributed by atoms with Gasteiger partial charge in [0.2, 0.25) is 5.91 Å². The first-order valence-electron chi connectivity index (χ1n) is 9.90. The van der Waals surface area contributed by atoms with Crippen molar-refractivity contribution in [1.29, 1.82) is 0 Å². The second kappa shape index (κ2) is 10.7. The molecule has 8 heteroatoms. The van der Waals surface area contributed by atoms with E-state index in [0.29, 0.717) is 25.9 Å². The van der Waals surface area contributed by atoms with Crippen molar-refractivity contribution in [3.63, 3.8) is 0 Å². The Bertz CT molecular complexity index is 965. The van der Waals surface area contributed by atoms with Gasteiger partial charge in [-0.05, 0) is 53.8 Å². The standard InChI is InChI=1S/C23H23F3N4O/c24-23(25,26)20-6-2-1-5-19(20)21(29-14-10-18-4-3-11-28-16-18)22(31)30-15-9-17-7-12-27-13-8-17/h1-8,11-13,16,21,29H,9-10,14-15H2,(H,30,31). The molecule has 0 aliphatic carbocycles. The summed E-state index contributed by atoms with van der Waals surface area (Å²) in [5.41, 5.74) is 0.990. The van der Waals surface area contributed by atoms with Crippen LogP contribution in [0, 0.1) is 0 Å². The molecule has 2 heterocycles. The average Bonchev–Trinajstić information content (AvgIpc) is 2.77. The van der Waals surface area contributed by atoms with Crippen molar-refractivity contribution in [2.75, 3.05) is 13.1 Å². The molecule has 1 atom stereocenters. The van der Waals surface area contributed by atoms with Crippen molar-refractivity contribution in [2.45, 2.75) is 25.1 Å². The van der Waals surface area contributed by atoms with Crippen LogP contribution in [0.25, 0.3) is 0 Å². The number of carbonyl (C=O) groups excluding carboxylic acids is 1. The minimum atomic E-state index is -4.56. The van der Waals surface area contributed by atoms with Crippen molar-refractivity contribution in [2.24, 2.45) is 0 Å². The highest BCUT2D eigenvalue weighted by Crippen LogP contribution is 2.34. The van der Waals surface area contributed by atoms with E-state index >= 15 is 0 Å². The monoisotopic (exact) mass is 428 g/mol. The molecular formula is C23H23F3N4O. The number of aromatic nitrogens is 2. The van der Waals surface area contributed by atoms with Gasteiger partial charge in [-0.2, -0.15) is 13.2 Å². The molecule has 0 fully saturated rings. The zero-order chi connectivity index (χ0) is 22.1. The first kappa shape index (κ1) is 22.4. The molecule has 2 N–H and O–H groups in total. The third-order valence-corrected chi connectivity index (χ3v) is 4.79. The largest absolute Gasteiger partial charge is 0.416 e. The molecule has 0 spiro atoms. The summed E-state index contributed by atoms with van der Waals surface area (Å²) in [7, 11) is 0. The molecule has 5 nitrogen and oxygen atoms in total. The fraction of sp³-hybridized carbons (Fsp3) is 0.261. The summed E-state index contributed by atoms with van der Waals surface area (Å²) >= 11 is 0. The van der Waals surface area contributed by atoms with Crippen LogP contribution in [0.1, 0.15) is 28.3 Å². The molecule has 1 unspecified atom stereocenters. The molecule has 0 aliphatic heterocycles. The van der Waals surface area contributed by atoms with Gasteiger partial charge < -0.3 is 10.6 Å². The zero-order valence-corrected chi connectivity index (χ0v) is 16.8. The SMILES string of the molecule is O=C(NCCc1ccncc1)C(NCCc1cccnc1)c1ccccc1C(F)(F)F. The minimum Gasteiger partial charge on any atom is -0.354 e. The Labute approximate surface area is 178 Å². The third-order valence-electron chi connectivity index (χ3n) is 4.79. The number of benzene rings is 1. The molecule has 162 valence electrons. The lowest BCUT2D eigenvalue weighted by atomic mass is 9.98. The quantitative estimate of drug-likeness (QED) is 0.545. The number of pyridine rings is 2. The van der Waals surface area contributed by atoms with Crippen LogP contribution in [-0.2, 0) is 23.8 Å². The van der Waals surface area contributed by atoms with Crippen LogP contribution in [0.2, 0.25) is 0 Å². The average molecular weight is 428 g/mol.